The fraction of sp³-hybridized carbons (Fsp3) is 0.467. The van der Waals surface area contributed by atoms with Crippen LogP contribution in [0.4, 0.5) is 4.39 Å². The Kier molecular flexibility index (Phi) is 4.37. The van der Waals surface area contributed by atoms with Crippen LogP contribution in [0.2, 0.25) is 0 Å². The summed E-state index contributed by atoms with van der Waals surface area (Å²) in [6, 6.07) is 6.21. The highest BCUT2D eigenvalue weighted by atomic mass is 19.1. The van der Waals surface area contributed by atoms with E-state index in [1.807, 2.05) is 0 Å². The van der Waals surface area contributed by atoms with Gasteiger partial charge in [0.1, 0.15) is 5.82 Å². The van der Waals surface area contributed by atoms with Gasteiger partial charge in [-0.2, -0.15) is 0 Å². The van der Waals surface area contributed by atoms with E-state index in [1.165, 1.54) is 12.1 Å². The van der Waals surface area contributed by atoms with Gasteiger partial charge in [-0.3, -0.25) is 9.59 Å². The molecule has 1 amide bonds. The van der Waals surface area contributed by atoms with Crippen molar-refractivity contribution in [3.05, 3.63) is 35.6 Å². The smallest absolute Gasteiger partial charge is 0.310 e. The molecule has 108 valence electrons. The molecule has 0 heterocycles. The second kappa shape index (κ2) is 6.03. The van der Waals surface area contributed by atoms with Crippen molar-refractivity contribution in [2.24, 2.45) is 5.41 Å². The van der Waals surface area contributed by atoms with E-state index in [2.05, 4.69) is 5.32 Å². The van der Waals surface area contributed by atoms with Gasteiger partial charge in [-0.15, -0.1) is 0 Å². The molecule has 4 nitrogen and oxygen atoms in total. The summed E-state index contributed by atoms with van der Waals surface area (Å²) in [6.07, 6.45) is 2.57. The third-order valence-corrected chi connectivity index (χ3v) is 3.89. The molecule has 2 N–H and O–H groups in total. The Morgan fingerprint density at radius 3 is 2.65 bits per heavy atom. The number of rotatable bonds is 6. The van der Waals surface area contributed by atoms with Crippen LogP contribution in [0.25, 0.3) is 0 Å². The summed E-state index contributed by atoms with van der Waals surface area (Å²) in [5.74, 6) is -1.43. The van der Waals surface area contributed by atoms with E-state index in [0.29, 0.717) is 25.8 Å². The maximum Gasteiger partial charge on any atom is 0.310 e. The third kappa shape index (κ3) is 3.35. The monoisotopic (exact) mass is 279 g/mol. The number of hydrogen-bond acceptors (Lipinski definition) is 2. The summed E-state index contributed by atoms with van der Waals surface area (Å²) in [5.41, 5.74) is -0.0509. The molecule has 1 aliphatic carbocycles. The number of carbonyl (C=O) groups is 2. The van der Waals surface area contributed by atoms with Crippen LogP contribution in [0.3, 0.4) is 0 Å². The first-order valence-corrected chi connectivity index (χ1v) is 6.76. The molecule has 0 radical (unpaired) electrons. The maximum atomic E-state index is 13.0. The standard InChI is InChI=1S/C15H18FNO3/c16-12-4-1-3-11(9-12)5-8-17-13(18)10-15(14(19)20)6-2-7-15/h1,3-4,9H,2,5-8,10H2,(H,17,18)(H,19,20). The molecule has 5 heteroatoms. The average Bonchev–Trinajstić information content (AvgIpc) is 2.33. The third-order valence-electron chi connectivity index (χ3n) is 3.89. The van der Waals surface area contributed by atoms with Crippen LogP contribution < -0.4 is 5.32 Å². The van der Waals surface area contributed by atoms with Gasteiger partial charge in [-0.05, 0) is 37.0 Å². The van der Waals surface area contributed by atoms with Crippen molar-refractivity contribution in [1.82, 2.24) is 5.32 Å². The molecule has 0 unspecified atom stereocenters. The van der Waals surface area contributed by atoms with E-state index in [4.69, 9.17) is 5.11 Å². The largest absolute Gasteiger partial charge is 0.481 e. The number of aliphatic carboxylic acids is 1. The van der Waals surface area contributed by atoms with Crippen molar-refractivity contribution in [1.29, 1.82) is 0 Å². The topological polar surface area (TPSA) is 66.4 Å². The molecule has 0 bridgehead atoms. The summed E-state index contributed by atoms with van der Waals surface area (Å²) in [6.45, 7) is 0.387. The van der Waals surface area contributed by atoms with Crippen LogP contribution in [-0.4, -0.2) is 23.5 Å². The number of benzene rings is 1. The highest BCUT2D eigenvalue weighted by Gasteiger charge is 2.45. The zero-order valence-corrected chi connectivity index (χ0v) is 11.2. The minimum Gasteiger partial charge on any atom is -0.481 e. The summed E-state index contributed by atoms with van der Waals surface area (Å²) in [5, 5.41) is 11.8. The summed E-state index contributed by atoms with van der Waals surface area (Å²) in [4.78, 5) is 22.9. The Morgan fingerprint density at radius 1 is 1.35 bits per heavy atom. The first-order chi connectivity index (χ1) is 9.52. The molecule has 1 saturated carbocycles. The number of carboxylic acid groups (broad SMARTS) is 1. The zero-order chi connectivity index (χ0) is 14.6. The van der Waals surface area contributed by atoms with Gasteiger partial charge in [0.2, 0.25) is 5.91 Å². The normalized spacial score (nSPS) is 16.2. The number of amides is 1. The summed E-state index contributed by atoms with van der Waals surface area (Å²) in [7, 11) is 0. The lowest BCUT2D eigenvalue weighted by Crippen LogP contribution is -2.42. The lowest BCUT2D eigenvalue weighted by atomic mass is 9.66. The number of carbonyl (C=O) groups excluding carboxylic acids is 1. The van der Waals surface area contributed by atoms with E-state index in [-0.39, 0.29) is 18.1 Å². The number of carboxylic acids is 1. The number of halogens is 1. The van der Waals surface area contributed by atoms with Crippen molar-refractivity contribution in [3.8, 4) is 0 Å². The van der Waals surface area contributed by atoms with Crippen molar-refractivity contribution in [2.75, 3.05) is 6.54 Å². The minimum absolute atomic E-state index is 0.0332. The highest BCUT2D eigenvalue weighted by molar-refractivity contribution is 5.85. The second-order valence-corrected chi connectivity index (χ2v) is 5.35. The molecule has 1 aliphatic rings. The van der Waals surface area contributed by atoms with Gasteiger partial charge in [-0.25, -0.2) is 4.39 Å². The van der Waals surface area contributed by atoms with Crippen molar-refractivity contribution in [2.45, 2.75) is 32.1 Å². The van der Waals surface area contributed by atoms with Crippen molar-refractivity contribution >= 4 is 11.9 Å². The van der Waals surface area contributed by atoms with Crippen LogP contribution in [0.5, 0.6) is 0 Å². The van der Waals surface area contributed by atoms with Gasteiger partial charge in [0.25, 0.3) is 0 Å². The highest BCUT2D eigenvalue weighted by Crippen LogP contribution is 2.44. The molecular formula is C15H18FNO3. The van der Waals surface area contributed by atoms with Gasteiger partial charge in [0.15, 0.2) is 0 Å². The molecule has 0 aliphatic heterocycles. The van der Waals surface area contributed by atoms with Gasteiger partial charge in [0.05, 0.1) is 5.41 Å². The fourth-order valence-corrected chi connectivity index (χ4v) is 2.48. The van der Waals surface area contributed by atoms with E-state index >= 15 is 0 Å². The van der Waals surface area contributed by atoms with Gasteiger partial charge >= 0.3 is 5.97 Å². The van der Waals surface area contributed by atoms with Gasteiger partial charge in [-0.1, -0.05) is 18.6 Å². The SMILES string of the molecule is O=C(CC1(C(=O)O)CCC1)NCCc1cccc(F)c1. The Labute approximate surface area is 117 Å². The van der Waals surface area contributed by atoms with Crippen molar-refractivity contribution in [3.63, 3.8) is 0 Å². The molecule has 0 spiro atoms. The Balaban J connectivity index is 1.77. The van der Waals surface area contributed by atoms with E-state index < -0.39 is 11.4 Å². The zero-order valence-electron chi connectivity index (χ0n) is 11.2. The maximum absolute atomic E-state index is 13.0. The Morgan fingerprint density at radius 2 is 2.10 bits per heavy atom. The summed E-state index contributed by atoms with van der Waals surface area (Å²) < 4.78 is 13.0. The molecule has 0 atom stereocenters. The molecule has 0 saturated heterocycles. The quantitative estimate of drug-likeness (QED) is 0.838. The Hall–Kier alpha value is -1.91. The number of hydrogen-bond donors (Lipinski definition) is 2. The first-order valence-electron chi connectivity index (χ1n) is 6.76. The molecule has 1 fully saturated rings. The predicted octanol–water partition coefficient (Wildman–Crippen LogP) is 2.13. The van der Waals surface area contributed by atoms with Crippen molar-refractivity contribution < 1.29 is 19.1 Å². The lowest BCUT2D eigenvalue weighted by molar-refractivity contribution is -0.157. The molecule has 20 heavy (non-hydrogen) atoms. The minimum atomic E-state index is -0.885. The van der Waals surface area contributed by atoms with Crippen LogP contribution in [0.15, 0.2) is 24.3 Å². The van der Waals surface area contributed by atoms with E-state index in [1.54, 1.807) is 12.1 Å². The molecule has 1 aromatic carbocycles. The average molecular weight is 279 g/mol. The lowest BCUT2D eigenvalue weighted by Gasteiger charge is -2.36. The molecular weight excluding hydrogens is 261 g/mol. The molecule has 2 rings (SSSR count). The van der Waals surface area contributed by atoms with Crippen LogP contribution in [-0.2, 0) is 16.0 Å². The predicted molar refractivity (Wildman–Crippen MR) is 71.7 cm³/mol. The van der Waals surface area contributed by atoms with Gasteiger partial charge < -0.3 is 10.4 Å². The Bertz CT molecular complexity index is 512. The van der Waals surface area contributed by atoms with E-state index in [0.717, 1.165) is 12.0 Å². The summed E-state index contributed by atoms with van der Waals surface area (Å²) >= 11 is 0. The van der Waals surface area contributed by atoms with Crippen LogP contribution >= 0.6 is 0 Å². The number of nitrogens with one attached hydrogen (secondary N) is 1. The van der Waals surface area contributed by atoms with Crippen LogP contribution in [0.1, 0.15) is 31.2 Å². The van der Waals surface area contributed by atoms with Crippen LogP contribution in [0, 0.1) is 11.2 Å². The first kappa shape index (κ1) is 14.5. The van der Waals surface area contributed by atoms with E-state index in [9.17, 15) is 14.0 Å². The fourth-order valence-electron chi connectivity index (χ4n) is 2.48. The molecule has 0 aromatic heterocycles. The molecule has 1 aromatic rings. The van der Waals surface area contributed by atoms with Gasteiger partial charge in [0, 0.05) is 13.0 Å². The second-order valence-electron chi connectivity index (χ2n) is 5.35.